The van der Waals surface area contributed by atoms with Crippen LogP contribution in [0, 0.1) is 0 Å². The molecule has 0 atom stereocenters. The molecule has 0 aliphatic heterocycles. The molecule has 0 aromatic heterocycles. The minimum atomic E-state index is 0.727. The van der Waals surface area contributed by atoms with Gasteiger partial charge >= 0.3 is 0 Å². The molecule has 0 spiro atoms. The van der Waals surface area contributed by atoms with Crippen LogP contribution in [0.4, 0.5) is 0 Å². The SMILES string of the molecule is S=C=N/C=C\c1ccc(Cl)cc1. The summed E-state index contributed by atoms with van der Waals surface area (Å²) in [6.07, 6.45) is 3.42. The molecular formula is C9H6ClNS. The van der Waals surface area contributed by atoms with Gasteiger partial charge in [0.2, 0.25) is 0 Å². The van der Waals surface area contributed by atoms with Crippen molar-refractivity contribution >= 4 is 35.1 Å². The zero-order valence-electron chi connectivity index (χ0n) is 6.20. The van der Waals surface area contributed by atoms with Crippen LogP contribution in [0.15, 0.2) is 35.5 Å². The molecule has 0 unspecified atom stereocenters. The van der Waals surface area contributed by atoms with Gasteiger partial charge in [-0.1, -0.05) is 23.7 Å². The summed E-state index contributed by atoms with van der Waals surface area (Å²) in [6, 6.07) is 7.44. The molecule has 0 saturated heterocycles. The van der Waals surface area contributed by atoms with Crippen molar-refractivity contribution in [3.05, 3.63) is 41.1 Å². The van der Waals surface area contributed by atoms with E-state index in [0.29, 0.717) is 0 Å². The number of aliphatic imine (C=N–C) groups is 1. The van der Waals surface area contributed by atoms with E-state index >= 15 is 0 Å². The van der Waals surface area contributed by atoms with Crippen molar-refractivity contribution in [2.75, 3.05) is 0 Å². The minimum Gasteiger partial charge on any atom is -0.203 e. The van der Waals surface area contributed by atoms with Gasteiger partial charge in [-0.15, -0.1) is 0 Å². The molecule has 0 amide bonds. The summed E-state index contributed by atoms with van der Waals surface area (Å²) in [5.74, 6) is 0. The third-order valence-electron chi connectivity index (χ3n) is 1.26. The summed E-state index contributed by atoms with van der Waals surface area (Å²) in [6.45, 7) is 0. The maximum Gasteiger partial charge on any atom is 0.0634 e. The monoisotopic (exact) mass is 195 g/mol. The molecule has 1 nitrogen and oxygen atoms in total. The van der Waals surface area contributed by atoms with Gasteiger partial charge < -0.3 is 0 Å². The zero-order valence-corrected chi connectivity index (χ0v) is 7.77. The van der Waals surface area contributed by atoms with Crippen LogP contribution in [0.2, 0.25) is 5.02 Å². The highest BCUT2D eigenvalue weighted by molar-refractivity contribution is 7.78. The predicted octanol–water partition coefficient (Wildman–Crippen LogP) is 3.41. The molecular weight excluding hydrogens is 190 g/mol. The highest BCUT2D eigenvalue weighted by Gasteiger charge is 1.85. The molecule has 3 heteroatoms. The molecule has 0 heterocycles. The van der Waals surface area contributed by atoms with E-state index in [1.165, 1.54) is 0 Å². The van der Waals surface area contributed by atoms with Crippen LogP contribution < -0.4 is 0 Å². The molecule has 0 aliphatic carbocycles. The summed E-state index contributed by atoms with van der Waals surface area (Å²) in [5.41, 5.74) is 1.04. The van der Waals surface area contributed by atoms with E-state index in [0.717, 1.165) is 10.6 Å². The van der Waals surface area contributed by atoms with Gasteiger partial charge in [0.25, 0.3) is 0 Å². The Morgan fingerprint density at radius 3 is 2.58 bits per heavy atom. The van der Waals surface area contributed by atoms with Crippen molar-refractivity contribution in [3.63, 3.8) is 0 Å². The van der Waals surface area contributed by atoms with Crippen LogP contribution in [0.25, 0.3) is 6.08 Å². The lowest BCUT2D eigenvalue weighted by Crippen LogP contribution is -1.68. The highest BCUT2D eigenvalue weighted by atomic mass is 35.5. The minimum absolute atomic E-state index is 0.727. The smallest absolute Gasteiger partial charge is 0.0634 e. The van der Waals surface area contributed by atoms with Crippen LogP contribution in [-0.4, -0.2) is 5.16 Å². The second-order valence-electron chi connectivity index (χ2n) is 2.09. The predicted molar refractivity (Wildman–Crippen MR) is 55.5 cm³/mol. The van der Waals surface area contributed by atoms with Gasteiger partial charge in [-0.3, -0.25) is 0 Å². The Balaban J connectivity index is 2.77. The van der Waals surface area contributed by atoms with E-state index in [4.69, 9.17) is 11.6 Å². The van der Waals surface area contributed by atoms with Crippen LogP contribution >= 0.6 is 23.8 Å². The van der Waals surface area contributed by atoms with E-state index < -0.39 is 0 Å². The van der Waals surface area contributed by atoms with Gasteiger partial charge in [-0.05, 0) is 36.0 Å². The number of isothiocyanates is 1. The fourth-order valence-electron chi connectivity index (χ4n) is 0.728. The number of halogens is 1. The average molecular weight is 196 g/mol. The molecule has 0 radical (unpaired) electrons. The summed E-state index contributed by atoms with van der Waals surface area (Å²) < 4.78 is 0. The Morgan fingerprint density at radius 1 is 1.33 bits per heavy atom. The topological polar surface area (TPSA) is 12.4 Å². The molecule has 1 aromatic rings. The normalized spacial score (nSPS) is 9.75. The summed E-state index contributed by atoms with van der Waals surface area (Å²) in [4.78, 5) is 3.64. The number of thiocarbonyl (C=S) groups is 1. The van der Waals surface area contributed by atoms with Crippen LogP contribution in [0.3, 0.4) is 0 Å². The third-order valence-corrected chi connectivity index (χ3v) is 1.62. The summed E-state index contributed by atoms with van der Waals surface area (Å²) in [5, 5.41) is 2.97. The lowest BCUT2D eigenvalue weighted by Gasteiger charge is -1.90. The summed E-state index contributed by atoms with van der Waals surface area (Å²) >= 11 is 10.1. The van der Waals surface area contributed by atoms with Crippen molar-refractivity contribution in [2.45, 2.75) is 0 Å². The standard InChI is InChI=1S/C9H6ClNS/c10-9-3-1-8(2-4-9)5-6-11-7-12/h1-6H/b6-5-. The fraction of sp³-hybridized carbons (Fsp3) is 0. The van der Waals surface area contributed by atoms with Crippen molar-refractivity contribution in [2.24, 2.45) is 4.99 Å². The lowest BCUT2D eigenvalue weighted by molar-refractivity contribution is 1.60. The first-order chi connectivity index (χ1) is 5.83. The maximum atomic E-state index is 5.70. The van der Waals surface area contributed by atoms with E-state index in [9.17, 15) is 0 Å². The van der Waals surface area contributed by atoms with E-state index in [2.05, 4.69) is 22.4 Å². The average Bonchev–Trinajstić information content (AvgIpc) is 2.09. The molecule has 0 saturated carbocycles. The van der Waals surface area contributed by atoms with Crippen LogP contribution in [0.5, 0.6) is 0 Å². The van der Waals surface area contributed by atoms with Gasteiger partial charge in [0, 0.05) is 11.2 Å². The Morgan fingerprint density at radius 2 is 2.00 bits per heavy atom. The first-order valence-electron chi connectivity index (χ1n) is 3.32. The number of rotatable bonds is 2. The number of nitrogens with zero attached hydrogens (tertiary/aromatic N) is 1. The molecule has 12 heavy (non-hydrogen) atoms. The van der Waals surface area contributed by atoms with Crippen molar-refractivity contribution in [1.82, 2.24) is 0 Å². The van der Waals surface area contributed by atoms with Gasteiger partial charge in [0.1, 0.15) is 0 Å². The Bertz CT molecular complexity index is 323. The van der Waals surface area contributed by atoms with Gasteiger partial charge in [-0.2, -0.15) is 0 Å². The van der Waals surface area contributed by atoms with Gasteiger partial charge in [0.05, 0.1) is 5.16 Å². The molecule has 1 rings (SSSR count). The second kappa shape index (κ2) is 4.83. The van der Waals surface area contributed by atoms with Crippen LogP contribution in [-0.2, 0) is 0 Å². The largest absolute Gasteiger partial charge is 0.203 e. The molecule has 60 valence electrons. The number of benzene rings is 1. The number of hydrogen-bond donors (Lipinski definition) is 0. The van der Waals surface area contributed by atoms with E-state index in [1.54, 1.807) is 6.20 Å². The second-order valence-corrected chi connectivity index (χ2v) is 2.71. The molecule has 0 bridgehead atoms. The number of hydrogen-bond acceptors (Lipinski definition) is 2. The Hall–Kier alpha value is -0.950. The lowest BCUT2D eigenvalue weighted by atomic mass is 10.2. The summed E-state index contributed by atoms with van der Waals surface area (Å²) in [7, 11) is 0. The fourth-order valence-corrected chi connectivity index (χ4v) is 0.915. The zero-order chi connectivity index (χ0) is 8.81. The highest BCUT2D eigenvalue weighted by Crippen LogP contribution is 2.10. The third kappa shape index (κ3) is 2.97. The van der Waals surface area contributed by atoms with Crippen molar-refractivity contribution < 1.29 is 0 Å². The first-order valence-corrected chi connectivity index (χ1v) is 4.10. The maximum absolute atomic E-state index is 5.70. The molecule has 0 N–H and O–H groups in total. The van der Waals surface area contributed by atoms with Crippen molar-refractivity contribution in [1.29, 1.82) is 0 Å². The first kappa shape index (κ1) is 9.14. The van der Waals surface area contributed by atoms with Crippen LogP contribution in [0.1, 0.15) is 5.56 Å². The van der Waals surface area contributed by atoms with Crippen molar-refractivity contribution in [3.8, 4) is 0 Å². The van der Waals surface area contributed by atoms with Gasteiger partial charge in [-0.25, -0.2) is 4.99 Å². The quantitative estimate of drug-likeness (QED) is 0.521. The van der Waals surface area contributed by atoms with E-state index in [-0.39, 0.29) is 0 Å². The van der Waals surface area contributed by atoms with E-state index in [1.807, 2.05) is 30.3 Å². The Labute approximate surface area is 81.4 Å². The molecule has 0 aliphatic rings. The molecule has 0 fully saturated rings. The molecule has 1 aromatic carbocycles. The van der Waals surface area contributed by atoms with Gasteiger partial charge in [0.15, 0.2) is 0 Å². The Kier molecular flexibility index (Phi) is 3.68.